The highest BCUT2D eigenvalue weighted by atomic mass is 16.3. The van der Waals surface area contributed by atoms with Crippen molar-refractivity contribution < 1.29 is 14.7 Å². The van der Waals surface area contributed by atoms with Gasteiger partial charge in [0.2, 0.25) is 11.8 Å². The topological polar surface area (TPSA) is 78.4 Å². The van der Waals surface area contributed by atoms with Crippen LogP contribution in [0.1, 0.15) is 23.1 Å². The van der Waals surface area contributed by atoms with E-state index in [1.807, 2.05) is 26.0 Å². The molecule has 2 rings (SSSR count). The zero-order valence-corrected chi connectivity index (χ0v) is 11.8. The van der Waals surface area contributed by atoms with E-state index in [0.29, 0.717) is 19.5 Å². The van der Waals surface area contributed by atoms with Crippen molar-refractivity contribution in [2.24, 2.45) is 5.92 Å². The van der Waals surface area contributed by atoms with Gasteiger partial charge in [-0.2, -0.15) is 0 Å². The molecule has 1 aliphatic rings. The summed E-state index contributed by atoms with van der Waals surface area (Å²) >= 11 is 0. The van der Waals surface area contributed by atoms with E-state index in [-0.39, 0.29) is 0 Å². The molecule has 3 N–H and O–H groups in total. The molecule has 5 nitrogen and oxygen atoms in total. The number of hydrogen-bond acceptors (Lipinski definition) is 3. The largest absolute Gasteiger partial charge is 0.392 e. The molecule has 5 heteroatoms. The number of rotatable bonds is 3. The van der Waals surface area contributed by atoms with Crippen LogP contribution in [0.4, 0.5) is 0 Å². The van der Waals surface area contributed by atoms with Crippen LogP contribution in [-0.4, -0.2) is 29.6 Å². The minimum absolute atomic E-state index is 0.359. The number of carbonyl (C=O) groups is 2. The quantitative estimate of drug-likeness (QED) is 0.700. The average Bonchev–Trinajstić information content (AvgIpc) is 2.35. The summed E-state index contributed by atoms with van der Waals surface area (Å²) < 4.78 is 0. The molecule has 1 fully saturated rings. The lowest BCUT2D eigenvalue weighted by atomic mass is 9.94. The van der Waals surface area contributed by atoms with Gasteiger partial charge in [0.05, 0.1) is 6.10 Å². The number of benzene rings is 1. The van der Waals surface area contributed by atoms with Gasteiger partial charge < -0.3 is 15.7 Å². The highest BCUT2D eigenvalue weighted by Crippen LogP contribution is 2.14. The van der Waals surface area contributed by atoms with Crippen LogP contribution in [0.5, 0.6) is 0 Å². The van der Waals surface area contributed by atoms with Crippen LogP contribution in [-0.2, 0) is 16.1 Å². The minimum atomic E-state index is -1.00. The molecule has 0 radical (unpaired) electrons. The van der Waals surface area contributed by atoms with Gasteiger partial charge in [0.15, 0.2) is 0 Å². The van der Waals surface area contributed by atoms with Crippen LogP contribution in [0.3, 0.4) is 0 Å². The zero-order valence-electron chi connectivity index (χ0n) is 11.8. The predicted octanol–water partition coefficient (Wildman–Crippen LogP) is 0.417. The van der Waals surface area contributed by atoms with Gasteiger partial charge in [0.1, 0.15) is 5.92 Å². The van der Waals surface area contributed by atoms with Crippen LogP contribution < -0.4 is 10.6 Å². The Morgan fingerprint density at radius 1 is 1.35 bits per heavy atom. The number of hydrogen-bond donors (Lipinski definition) is 3. The van der Waals surface area contributed by atoms with E-state index in [9.17, 15) is 14.7 Å². The van der Waals surface area contributed by atoms with E-state index in [0.717, 1.165) is 16.7 Å². The highest BCUT2D eigenvalue weighted by Gasteiger charge is 2.36. The Labute approximate surface area is 118 Å². The highest BCUT2D eigenvalue weighted by molar-refractivity contribution is 6.01. The number of aryl methyl sites for hydroxylation is 2. The molecular weight excluding hydrogens is 256 g/mol. The maximum Gasteiger partial charge on any atom is 0.235 e. The molecule has 0 bridgehead atoms. The van der Waals surface area contributed by atoms with Crippen molar-refractivity contribution in [3.8, 4) is 0 Å². The van der Waals surface area contributed by atoms with Gasteiger partial charge in [-0.3, -0.25) is 9.59 Å². The summed E-state index contributed by atoms with van der Waals surface area (Å²) in [5.41, 5.74) is 3.25. The Morgan fingerprint density at radius 2 is 2.00 bits per heavy atom. The first-order valence-electron chi connectivity index (χ1n) is 6.78. The number of piperidine rings is 1. The molecule has 1 saturated heterocycles. The van der Waals surface area contributed by atoms with Gasteiger partial charge in [-0.15, -0.1) is 0 Å². The first-order chi connectivity index (χ1) is 9.47. The number of aliphatic hydroxyl groups excluding tert-OH is 1. The van der Waals surface area contributed by atoms with Crippen LogP contribution in [0.15, 0.2) is 18.2 Å². The minimum Gasteiger partial charge on any atom is -0.392 e. The fraction of sp³-hybridized carbons (Fsp3) is 0.467. The van der Waals surface area contributed by atoms with Crippen molar-refractivity contribution in [3.05, 3.63) is 34.9 Å². The second kappa shape index (κ2) is 6.05. The van der Waals surface area contributed by atoms with Gasteiger partial charge in [-0.1, -0.05) is 29.3 Å². The fourth-order valence-corrected chi connectivity index (χ4v) is 2.56. The second-order valence-corrected chi connectivity index (χ2v) is 5.34. The summed E-state index contributed by atoms with van der Waals surface area (Å²) in [5.74, 6) is -1.83. The lowest BCUT2D eigenvalue weighted by Crippen LogP contribution is -2.51. The van der Waals surface area contributed by atoms with E-state index in [4.69, 9.17) is 0 Å². The third-order valence-electron chi connectivity index (χ3n) is 3.44. The average molecular weight is 276 g/mol. The summed E-state index contributed by atoms with van der Waals surface area (Å²) in [6, 6.07) is 6.04. The third-order valence-corrected chi connectivity index (χ3v) is 3.44. The van der Waals surface area contributed by atoms with Gasteiger partial charge in [0, 0.05) is 13.1 Å². The first kappa shape index (κ1) is 14.5. The van der Waals surface area contributed by atoms with Crippen molar-refractivity contribution in [2.45, 2.75) is 32.9 Å². The molecule has 0 aliphatic carbocycles. The SMILES string of the molecule is Cc1cc(C)cc(CNC(=O)C2C(=O)NCCC2O)c1. The monoisotopic (exact) mass is 276 g/mol. The number of aliphatic hydroxyl groups is 1. The lowest BCUT2D eigenvalue weighted by molar-refractivity contribution is -0.142. The molecule has 2 unspecified atom stereocenters. The normalized spacial score (nSPS) is 22.2. The maximum atomic E-state index is 12.0. The van der Waals surface area contributed by atoms with Gasteiger partial charge in [-0.25, -0.2) is 0 Å². The van der Waals surface area contributed by atoms with Crippen molar-refractivity contribution in [1.82, 2.24) is 10.6 Å². The van der Waals surface area contributed by atoms with Crippen molar-refractivity contribution in [1.29, 1.82) is 0 Å². The summed E-state index contributed by atoms with van der Waals surface area (Å²) in [6.07, 6.45) is -0.490. The van der Waals surface area contributed by atoms with Crippen LogP contribution in [0, 0.1) is 19.8 Å². The van der Waals surface area contributed by atoms with Gasteiger partial charge in [0.25, 0.3) is 0 Å². The smallest absolute Gasteiger partial charge is 0.235 e. The van der Waals surface area contributed by atoms with Gasteiger partial charge >= 0.3 is 0 Å². The number of amides is 2. The second-order valence-electron chi connectivity index (χ2n) is 5.34. The van der Waals surface area contributed by atoms with E-state index < -0.39 is 23.8 Å². The van der Waals surface area contributed by atoms with Crippen molar-refractivity contribution in [3.63, 3.8) is 0 Å². The molecule has 20 heavy (non-hydrogen) atoms. The van der Waals surface area contributed by atoms with E-state index in [1.54, 1.807) is 0 Å². The molecule has 0 spiro atoms. The Hall–Kier alpha value is -1.88. The summed E-state index contributed by atoms with van der Waals surface area (Å²) in [6.45, 7) is 4.77. The van der Waals surface area contributed by atoms with E-state index in [2.05, 4.69) is 16.7 Å². The maximum absolute atomic E-state index is 12.0. The van der Waals surface area contributed by atoms with Crippen LogP contribution in [0.25, 0.3) is 0 Å². The standard InChI is InChI=1S/C15H20N2O3/c1-9-5-10(2)7-11(6-9)8-17-15(20)13-12(18)3-4-16-14(13)19/h5-7,12-13,18H,3-4,8H2,1-2H3,(H,16,19)(H,17,20). The molecule has 2 atom stereocenters. The molecule has 1 aliphatic heterocycles. The summed E-state index contributed by atoms with van der Waals surface area (Å²) in [7, 11) is 0. The Morgan fingerprint density at radius 3 is 2.60 bits per heavy atom. The Kier molecular flexibility index (Phi) is 4.39. The Balaban J connectivity index is 1.99. The molecular formula is C15H20N2O3. The van der Waals surface area contributed by atoms with Crippen LogP contribution >= 0.6 is 0 Å². The van der Waals surface area contributed by atoms with E-state index in [1.165, 1.54) is 0 Å². The zero-order chi connectivity index (χ0) is 14.7. The lowest BCUT2D eigenvalue weighted by Gasteiger charge is -2.26. The molecule has 1 aromatic rings. The summed E-state index contributed by atoms with van der Waals surface area (Å²) in [4.78, 5) is 23.7. The molecule has 0 aromatic heterocycles. The summed E-state index contributed by atoms with van der Waals surface area (Å²) in [5, 5.41) is 15.1. The fourth-order valence-electron chi connectivity index (χ4n) is 2.56. The number of nitrogens with one attached hydrogen (secondary N) is 2. The van der Waals surface area contributed by atoms with E-state index >= 15 is 0 Å². The van der Waals surface area contributed by atoms with Gasteiger partial charge in [-0.05, 0) is 25.8 Å². The molecule has 0 saturated carbocycles. The molecule has 108 valence electrons. The molecule has 1 heterocycles. The third kappa shape index (κ3) is 3.36. The predicted molar refractivity (Wildman–Crippen MR) is 74.9 cm³/mol. The van der Waals surface area contributed by atoms with Crippen LogP contribution in [0.2, 0.25) is 0 Å². The molecule has 2 amide bonds. The Bertz CT molecular complexity index is 508. The van der Waals surface area contributed by atoms with Crippen molar-refractivity contribution >= 4 is 11.8 Å². The first-order valence-corrected chi connectivity index (χ1v) is 6.78. The van der Waals surface area contributed by atoms with Crippen molar-refractivity contribution in [2.75, 3.05) is 6.54 Å². The number of carbonyl (C=O) groups excluding carboxylic acids is 2. The molecule has 1 aromatic carbocycles.